The quantitative estimate of drug-likeness (QED) is 0.554. The van der Waals surface area contributed by atoms with E-state index in [1.54, 1.807) is 12.1 Å². The van der Waals surface area contributed by atoms with Crippen LogP contribution in [0, 0.1) is 0 Å². The van der Waals surface area contributed by atoms with E-state index in [2.05, 4.69) is 0 Å². The molecule has 0 amide bonds. The maximum atomic E-state index is 5.58. The lowest BCUT2D eigenvalue weighted by Crippen LogP contribution is -2.15. The Labute approximate surface area is 70.1 Å². The van der Waals surface area contributed by atoms with E-state index in [4.69, 9.17) is 20.9 Å². The molecular formula is C8H10N2O2. The summed E-state index contributed by atoms with van der Waals surface area (Å²) in [6.07, 6.45) is 0. The van der Waals surface area contributed by atoms with Gasteiger partial charge in [0.15, 0.2) is 11.5 Å². The highest BCUT2D eigenvalue weighted by atomic mass is 16.6. The molecule has 0 unspecified atom stereocenters. The molecule has 64 valence electrons. The molecule has 0 aliphatic carbocycles. The van der Waals surface area contributed by atoms with Crippen LogP contribution in [0.5, 0.6) is 11.5 Å². The largest absolute Gasteiger partial charge is 0.486 e. The Morgan fingerprint density at radius 1 is 0.917 bits per heavy atom. The Morgan fingerprint density at radius 3 is 1.75 bits per heavy atom. The monoisotopic (exact) mass is 166 g/mol. The van der Waals surface area contributed by atoms with Gasteiger partial charge in [0.05, 0.1) is 11.4 Å². The van der Waals surface area contributed by atoms with Crippen molar-refractivity contribution in [3.63, 3.8) is 0 Å². The minimum atomic E-state index is 0.527. The molecule has 0 fully saturated rings. The highest BCUT2D eigenvalue weighted by Crippen LogP contribution is 2.35. The van der Waals surface area contributed by atoms with E-state index in [1.165, 1.54) is 0 Å². The molecule has 0 saturated heterocycles. The molecule has 1 aliphatic heterocycles. The SMILES string of the molecule is Nc1cc2c(cc1N)OCCO2. The average molecular weight is 166 g/mol. The predicted octanol–water partition coefficient (Wildman–Crippen LogP) is 0.622. The van der Waals surface area contributed by atoms with Crippen LogP contribution in [0.2, 0.25) is 0 Å². The lowest BCUT2D eigenvalue weighted by Gasteiger charge is -2.19. The van der Waals surface area contributed by atoms with Gasteiger partial charge in [-0.25, -0.2) is 0 Å². The topological polar surface area (TPSA) is 70.5 Å². The first kappa shape index (κ1) is 7.09. The van der Waals surface area contributed by atoms with Crippen molar-refractivity contribution < 1.29 is 9.47 Å². The van der Waals surface area contributed by atoms with Crippen molar-refractivity contribution in [3.8, 4) is 11.5 Å². The highest BCUT2D eigenvalue weighted by molar-refractivity contribution is 5.69. The van der Waals surface area contributed by atoms with Gasteiger partial charge in [-0.15, -0.1) is 0 Å². The number of nitrogens with two attached hydrogens (primary N) is 2. The van der Waals surface area contributed by atoms with Crippen LogP contribution in [-0.4, -0.2) is 13.2 Å². The standard InChI is InChI=1S/C8H10N2O2/c9-5-3-7-8(4-6(5)10)12-2-1-11-7/h3-4H,1-2,9-10H2. The normalized spacial score (nSPS) is 14.3. The molecule has 0 bridgehead atoms. The van der Waals surface area contributed by atoms with Gasteiger partial charge in [-0.2, -0.15) is 0 Å². The molecular weight excluding hydrogens is 156 g/mol. The molecule has 4 nitrogen and oxygen atoms in total. The molecule has 0 saturated carbocycles. The van der Waals surface area contributed by atoms with E-state index in [1.807, 2.05) is 0 Å². The van der Waals surface area contributed by atoms with E-state index < -0.39 is 0 Å². The first-order valence-electron chi connectivity index (χ1n) is 3.72. The maximum Gasteiger partial charge on any atom is 0.163 e. The van der Waals surface area contributed by atoms with Gasteiger partial charge >= 0.3 is 0 Å². The summed E-state index contributed by atoms with van der Waals surface area (Å²) < 4.78 is 10.6. The van der Waals surface area contributed by atoms with Gasteiger partial charge in [-0.05, 0) is 0 Å². The van der Waals surface area contributed by atoms with Crippen molar-refractivity contribution >= 4 is 11.4 Å². The average Bonchev–Trinajstić information content (AvgIpc) is 2.07. The van der Waals surface area contributed by atoms with E-state index >= 15 is 0 Å². The molecule has 0 aromatic heterocycles. The summed E-state index contributed by atoms with van der Waals surface area (Å²) in [5.41, 5.74) is 12.2. The van der Waals surface area contributed by atoms with Crippen LogP contribution in [0.1, 0.15) is 0 Å². The number of hydrogen-bond acceptors (Lipinski definition) is 4. The van der Waals surface area contributed by atoms with Crippen molar-refractivity contribution in [1.29, 1.82) is 0 Å². The summed E-state index contributed by atoms with van der Waals surface area (Å²) in [5.74, 6) is 1.35. The van der Waals surface area contributed by atoms with Crippen LogP contribution >= 0.6 is 0 Å². The summed E-state index contributed by atoms with van der Waals surface area (Å²) in [7, 11) is 0. The molecule has 1 aliphatic rings. The fourth-order valence-corrected chi connectivity index (χ4v) is 1.12. The van der Waals surface area contributed by atoms with Crippen molar-refractivity contribution in [2.45, 2.75) is 0 Å². The smallest absolute Gasteiger partial charge is 0.163 e. The Morgan fingerprint density at radius 2 is 1.33 bits per heavy atom. The summed E-state index contributed by atoms with van der Waals surface area (Å²) >= 11 is 0. The molecule has 1 heterocycles. The fourth-order valence-electron chi connectivity index (χ4n) is 1.12. The van der Waals surface area contributed by atoms with E-state index in [0.717, 1.165) is 0 Å². The summed E-state index contributed by atoms with van der Waals surface area (Å²) in [6.45, 7) is 1.13. The van der Waals surface area contributed by atoms with Crippen molar-refractivity contribution in [2.24, 2.45) is 0 Å². The van der Waals surface area contributed by atoms with E-state index in [0.29, 0.717) is 36.1 Å². The Bertz CT molecular complexity index is 281. The number of anilines is 2. The summed E-state index contributed by atoms with van der Waals surface area (Å²) in [4.78, 5) is 0. The first-order valence-corrected chi connectivity index (χ1v) is 3.72. The second kappa shape index (κ2) is 2.48. The zero-order chi connectivity index (χ0) is 8.55. The summed E-state index contributed by atoms with van der Waals surface area (Å²) in [6, 6.07) is 3.37. The number of ether oxygens (including phenoxy) is 2. The number of fused-ring (bicyclic) bond motifs is 1. The highest BCUT2D eigenvalue weighted by Gasteiger charge is 2.12. The van der Waals surface area contributed by atoms with Gasteiger partial charge in [-0.1, -0.05) is 0 Å². The predicted molar refractivity (Wildman–Crippen MR) is 46.3 cm³/mol. The third kappa shape index (κ3) is 1.01. The van der Waals surface area contributed by atoms with Crippen LogP contribution in [-0.2, 0) is 0 Å². The van der Waals surface area contributed by atoms with Crippen LogP contribution in [0.4, 0.5) is 11.4 Å². The third-order valence-electron chi connectivity index (χ3n) is 1.75. The molecule has 2 rings (SSSR count). The Hall–Kier alpha value is -1.58. The maximum absolute atomic E-state index is 5.58. The second-order valence-electron chi connectivity index (χ2n) is 2.62. The van der Waals surface area contributed by atoms with Gasteiger partial charge in [-0.3, -0.25) is 0 Å². The van der Waals surface area contributed by atoms with Crippen LogP contribution in [0.25, 0.3) is 0 Å². The number of rotatable bonds is 0. The second-order valence-corrected chi connectivity index (χ2v) is 2.62. The van der Waals surface area contributed by atoms with Crippen LogP contribution in [0.15, 0.2) is 12.1 Å². The van der Waals surface area contributed by atoms with Gasteiger partial charge < -0.3 is 20.9 Å². The number of benzene rings is 1. The summed E-state index contributed by atoms with van der Waals surface area (Å²) in [5, 5.41) is 0. The van der Waals surface area contributed by atoms with Gasteiger partial charge in [0.1, 0.15) is 13.2 Å². The van der Waals surface area contributed by atoms with Gasteiger partial charge in [0.2, 0.25) is 0 Å². The lowest BCUT2D eigenvalue weighted by atomic mass is 10.2. The molecule has 4 heteroatoms. The molecule has 0 radical (unpaired) electrons. The molecule has 12 heavy (non-hydrogen) atoms. The Balaban J connectivity index is 2.49. The molecule has 0 spiro atoms. The zero-order valence-electron chi connectivity index (χ0n) is 6.54. The minimum Gasteiger partial charge on any atom is -0.486 e. The van der Waals surface area contributed by atoms with E-state index in [-0.39, 0.29) is 0 Å². The number of hydrogen-bond donors (Lipinski definition) is 2. The number of nitrogen functional groups attached to an aromatic ring is 2. The van der Waals surface area contributed by atoms with Gasteiger partial charge in [0, 0.05) is 12.1 Å². The molecule has 1 aromatic carbocycles. The van der Waals surface area contributed by atoms with Crippen molar-refractivity contribution in [1.82, 2.24) is 0 Å². The van der Waals surface area contributed by atoms with Crippen molar-refractivity contribution in [3.05, 3.63) is 12.1 Å². The third-order valence-corrected chi connectivity index (χ3v) is 1.75. The molecule has 0 atom stereocenters. The fraction of sp³-hybridized carbons (Fsp3) is 0.250. The Kier molecular flexibility index (Phi) is 1.46. The lowest BCUT2D eigenvalue weighted by molar-refractivity contribution is 0.172. The van der Waals surface area contributed by atoms with Crippen LogP contribution < -0.4 is 20.9 Å². The molecule has 4 N–H and O–H groups in total. The first-order chi connectivity index (χ1) is 5.77. The molecule has 1 aromatic rings. The van der Waals surface area contributed by atoms with Crippen LogP contribution in [0.3, 0.4) is 0 Å². The minimum absolute atomic E-state index is 0.527. The van der Waals surface area contributed by atoms with E-state index in [9.17, 15) is 0 Å². The van der Waals surface area contributed by atoms with Gasteiger partial charge in [0.25, 0.3) is 0 Å². The van der Waals surface area contributed by atoms with Crippen molar-refractivity contribution in [2.75, 3.05) is 24.7 Å². The zero-order valence-corrected chi connectivity index (χ0v) is 6.54.